The predicted molar refractivity (Wildman–Crippen MR) is 89.1 cm³/mol. The highest BCUT2D eigenvalue weighted by Crippen LogP contribution is 2.17. The van der Waals surface area contributed by atoms with Crippen LogP contribution in [-0.4, -0.2) is 20.8 Å². The maximum atomic E-state index is 12.0. The predicted octanol–water partition coefficient (Wildman–Crippen LogP) is 3.44. The molecule has 2 aromatic rings. The van der Waals surface area contributed by atoms with Crippen LogP contribution in [0.25, 0.3) is 0 Å². The second-order valence-corrected chi connectivity index (χ2v) is 6.63. The van der Waals surface area contributed by atoms with Gasteiger partial charge in [0.05, 0.1) is 28.6 Å². The number of anilines is 1. The number of carbonyl (C=O) groups excluding carboxylic acids is 1. The molecule has 22 heavy (non-hydrogen) atoms. The van der Waals surface area contributed by atoms with Crippen LogP contribution < -0.4 is 10.6 Å². The van der Waals surface area contributed by atoms with E-state index in [2.05, 4.69) is 41.5 Å². The van der Waals surface area contributed by atoms with E-state index in [-0.39, 0.29) is 12.1 Å². The molecule has 0 radical (unpaired) electrons. The van der Waals surface area contributed by atoms with Crippen molar-refractivity contribution < 1.29 is 4.79 Å². The number of hydrogen-bond acceptors (Lipinski definition) is 4. The third-order valence-corrected chi connectivity index (χ3v) is 4.12. The zero-order valence-corrected chi connectivity index (χ0v) is 14.3. The molecular formula is C15H23N5OS. The molecule has 2 N–H and O–H groups in total. The summed E-state index contributed by atoms with van der Waals surface area (Å²) in [4.78, 5) is 16.5. The molecule has 0 aliphatic heterocycles. The van der Waals surface area contributed by atoms with Crippen molar-refractivity contribution in [3.8, 4) is 0 Å². The van der Waals surface area contributed by atoms with E-state index in [0.717, 1.165) is 23.7 Å². The normalized spacial score (nSPS) is 12.4. The number of aryl methyl sites for hydroxylation is 1. The molecular weight excluding hydrogens is 298 g/mol. The Balaban J connectivity index is 1.88. The second kappa shape index (κ2) is 7.40. The van der Waals surface area contributed by atoms with Gasteiger partial charge < -0.3 is 10.6 Å². The van der Waals surface area contributed by atoms with Crippen molar-refractivity contribution in [3.63, 3.8) is 0 Å². The van der Waals surface area contributed by atoms with Crippen LogP contribution in [0.5, 0.6) is 0 Å². The van der Waals surface area contributed by atoms with Crippen LogP contribution in [0.1, 0.15) is 44.4 Å². The molecule has 2 amide bonds. The molecule has 0 aliphatic carbocycles. The maximum Gasteiger partial charge on any atom is 0.319 e. The van der Waals surface area contributed by atoms with E-state index in [1.807, 2.05) is 23.2 Å². The van der Waals surface area contributed by atoms with Gasteiger partial charge in [0.15, 0.2) is 0 Å². The van der Waals surface area contributed by atoms with Crippen molar-refractivity contribution in [2.24, 2.45) is 5.92 Å². The molecule has 7 heteroatoms. The first-order valence-corrected chi connectivity index (χ1v) is 8.40. The molecule has 0 aromatic carbocycles. The van der Waals surface area contributed by atoms with E-state index in [1.54, 1.807) is 17.5 Å². The number of nitrogens with zero attached hydrogens (tertiary/aromatic N) is 3. The molecule has 2 heterocycles. The van der Waals surface area contributed by atoms with Gasteiger partial charge >= 0.3 is 6.03 Å². The lowest BCUT2D eigenvalue weighted by Crippen LogP contribution is -2.31. The van der Waals surface area contributed by atoms with E-state index in [9.17, 15) is 4.79 Å². The van der Waals surface area contributed by atoms with Crippen molar-refractivity contribution in [2.45, 2.75) is 46.7 Å². The van der Waals surface area contributed by atoms with Gasteiger partial charge in [-0.2, -0.15) is 5.10 Å². The van der Waals surface area contributed by atoms with E-state index in [1.165, 1.54) is 0 Å². The van der Waals surface area contributed by atoms with Gasteiger partial charge in [-0.3, -0.25) is 4.68 Å². The SMILES string of the molecule is CCc1nc([C@@H](C)NC(=O)Nc2cnn(CC(C)C)c2)cs1. The van der Waals surface area contributed by atoms with Crippen molar-refractivity contribution in [2.75, 3.05) is 5.32 Å². The fourth-order valence-electron chi connectivity index (χ4n) is 2.03. The molecule has 6 nitrogen and oxygen atoms in total. The van der Waals surface area contributed by atoms with E-state index in [4.69, 9.17) is 0 Å². The lowest BCUT2D eigenvalue weighted by Gasteiger charge is -2.11. The smallest absolute Gasteiger partial charge is 0.319 e. The summed E-state index contributed by atoms with van der Waals surface area (Å²) in [5.74, 6) is 0.513. The highest BCUT2D eigenvalue weighted by molar-refractivity contribution is 7.09. The molecule has 0 unspecified atom stereocenters. The largest absolute Gasteiger partial charge is 0.330 e. The molecule has 0 fully saturated rings. The van der Waals surface area contributed by atoms with Gasteiger partial charge in [0, 0.05) is 18.1 Å². The van der Waals surface area contributed by atoms with Crippen LogP contribution >= 0.6 is 11.3 Å². The lowest BCUT2D eigenvalue weighted by molar-refractivity contribution is 0.249. The first kappa shape index (κ1) is 16.5. The Morgan fingerprint density at radius 1 is 1.41 bits per heavy atom. The Hall–Kier alpha value is -1.89. The molecule has 0 saturated carbocycles. The molecule has 0 bridgehead atoms. The summed E-state index contributed by atoms with van der Waals surface area (Å²) in [7, 11) is 0. The zero-order valence-electron chi connectivity index (χ0n) is 13.5. The van der Waals surface area contributed by atoms with Crippen LogP contribution in [0.15, 0.2) is 17.8 Å². The van der Waals surface area contributed by atoms with Gasteiger partial charge in [-0.15, -0.1) is 11.3 Å². The summed E-state index contributed by atoms with van der Waals surface area (Å²) in [6, 6.07) is -0.370. The van der Waals surface area contributed by atoms with Crippen molar-refractivity contribution in [1.29, 1.82) is 0 Å². The topological polar surface area (TPSA) is 71.8 Å². The van der Waals surface area contributed by atoms with Gasteiger partial charge in [0.2, 0.25) is 0 Å². The number of nitrogens with one attached hydrogen (secondary N) is 2. The Morgan fingerprint density at radius 3 is 2.82 bits per heavy atom. The summed E-state index contributed by atoms with van der Waals surface area (Å²) in [5, 5.41) is 13.0. The third kappa shape index (κ3) is 4.56. The van der Waals surface area contributed by atoms with Crippen LogP contribution in [0.2, 0.25) is 0 Å². The molecule has 0 spiro atoms. The average molecular weight is 321 g/mol. The maximum absolute atomic E-state index is 12.0. The quantitative estimate of drug-likeness (QED) is 0.856. The summed E-state index contributed by atoms with van der Waals surface area (Å²) in [5.41, 5.74) is 1.59. The van der Waals surface area contributed by atoms with Crippen molar-refractivity contribution in [3.05, 3.63) is 28.5 Å². The highest BCUT2D eigenvalue weighted by Gasteiger charge is 2.13. The van der Waals surface area contributed by atoms with E-state index < -0.39 is 0 Å². The molecule has 1 atom stereocenters. The first-order chi connectivity index (χ1) is 10.5. The zero-order chi connectivity index (χ0) is 16.1. The van der Waals surface area contributed by atoms with Crippen LogP contribution in [0.4, 0.5) is 10.5 Å². The third-order valence-electron chi connectivity index (χ3n) is 3.11. The molecule has 2 aromatic heterocycles. The minimum Gasteiger partial charge on any atom is -0.330 e. The molecule has 2 rings (SSSR count). The number of carbonyl (C=O) groups is 1. The van der Waals surface area contributed by atoms with Crippen LogP contribution in [0, 0.1) is 5.92 Å². The number of rotatable bonds is 6. The van der Waals surface area contributed by atoms with Gasteiger partial charge in [0.25, 0.3) is 0 Å². The number of amides is 2. The Labute approximate surface area is 135 Å². The summed E-state index contributed by atoms with van der Waals surface area (Å²) >= 11 is 1.62. The van der Waals surface area contributed by atoms with Crippen LogP contribution in [-0.2, 0) is 13.0 Å². The van der Waals surface area contributed by atoms with Gasteiger partial charge in [0.1, 0.15) is 0 Å². The summed E-state index contributed by atoms with van der Waals surface area (Å²) in [6.45, 7) is 9.08. The fraction of sp³-hybridized carbons (Fsp3) is 0.533. The number of hydrogen-bond donors (Lipinski definition) is 2. The Morgan fingerprint density at radius 2 is 2.18 bits per heavy atom. The summed E-state index contributed by atoms with van der Waals surface area (Å²) < 4.78 is 1.83. The minimum absolute atomic E-state index is 0.123. The molecule has 0 saturated heterocycles. The monoisotopic (exact) mass is 321 g/mol. The lowest BCUT2D eigenvalue weighted by atomic mass is 10.2. The standard InChI is InChI=1S/C15H23N5OS/c1-5-14-19-13(9-22-14)11(4)17-15(21)18-12-6-16-20(8-12)7-10(2)3/h6,8-11H,5,7H2,1-4H3,(H2,17,18,21)/t11-/m1/s1. The second-order valence-electron chi connectivity index (χ2n) is 5.68. The molecule has 120 valence electrons. The first-order valence-electron chi connectivity index (χ1n) is 7.52. The van der Waals surface area contributed by atoms with Gasteiger partial charge in [-0.25, -0.2) is 9.78 Å². The summed E-state index contributed by atoms with van der Waals surface area (Å²) in [6.07, 6.45) is 4.41. The average Bonchev–Trinajstić information content (AvgIpc) is 3.07. The van der Waals surface area contributed by atoms with Gasteiger partial charge in [-0.05, 0) is 19.3 Å². The van der Waals surface area contributed by atoms with Crippen molar-refractivity contribution in [1.82, 2.24) is 20.1 Å². The Bertz CT molecular complexity index is 619. The van der Waals surface area contributed by atoms with E-state index >= 15 is 0 Å². The van der Waals surface area contributed by atoms with E-state index in [0.29, 0.717) is 11.6 Å². The number of thiazole rings is 1. The minimum atomic E-state index is -0.248. The Kier molecular flexibility index (Phi) is 5.54. The number of aromatic nitrogens is 3. The van der Waals surface area contributed by atoms with Crippen molar-refractivity contribution >= 4 is 23.1 Å². The molecule has 0 aliphatic rings. The fourth-order valence-corrected chi connectivity index (χ4v) is 2.86. The highest BCUT2D eigenvalue weighted by atomic mass is 32.1. The number of urea groups is 1. The van der Waals surface area contributed by atoms with Gasteiger partial charge in [-0.1, -0.05) is 20.8 Å². The van der Waals surface area contributed by atoms with Crippen LogP contribution in [0.3, 0.4) is 0 Å².